The first kappa shape index (κ1) is 11.4. The van der Waals surface area contributed by atoms with Crippen molar-refractivity contribution in [2.75, 3.05) is 0 Å². The van der Waals surface area contributed by atoms with Crippen molar-refractivity contribution in [1.29, 1.82) is 0 Å². The molecule has 2 N–H and O–H groups in total. The van der Waals surface area contributed by atoms with Crippen molar-refractivity contribution in [3.05, 3.63) is 30.0 Å². The fourth-order valence-electron chi connectivity index (χ4n) is 3.79. The van der Waals surface area contributed by atoms with E-state index in [0.717, 1.165) is 29.3 Å². The molecule has 3 heterocycles. The number of piperidine rings is 1. The molecule has 2 unspecified atom stereocenters. The summed E-state index contributed by atoms with van der Waals surface area (Å²) in [7, 11) is 1.95. The lowest BCUT2D eigenvalue weighted by molar-refractivity contribution is -0.0113. The molecule has 0 amide bonds. The molecular weight excluding hydrogens is 238 g/mol. The third kappa shape index (κ3) is 1.70. The van der Waals surface area contributed by atoms with Crippen LogP contribution in [0.4, 0.5) is 0 Å². The van der Waals surface area contributed by atoms with Crippen LogP contribution in [0.25, 0.3) is 10.9 Å². The summed E-state index contributed by atoms with van der Waals surface area (Å²) in [5, 5.41) is 20.0. The Morgan fingerprint density at radius 1 is 1.32 bits per heavy atom. The molecule has 100 valence electrons. The fourth-order valence-corrected chi connectivity index (χ4v) is 3.79. The first-order chi connectivity index (χ1) is 9.14. The molecule has 4 heteroatoms. The van der Waals surface area contributed by atoms with Crippen molar-refractivity contribution in [2.24, 2.45) is 7.05 Å². The number of hydrogen-bond donors (Lipinski definition) is 2. The predicted octanol–water partition coefficient (Wildman–Crippen LogP) is 1.68. The van der Waals surface area contributed by atoms with Crippen LogP contribution >= 0.6 is 0 Å². The molecule has 0 aliphatic carbocycles. The van der Waals surface area contributed by atoms with E-state index in [0.29, 0.717) is 12.1 Å². The van der Waals surface area contributed by atoms with Crippen LogP contribution in [-0.2, 0) is 12.6 Å². The van der Waals surface area contributed by atoms with E-state index in [1.165, 1.54) is 12.8 Å². The average molecular weight is 257 g/mol. The van der Waals surface area contributed by atoms with E-state index < -0.39 is 5.60 Å². The van der Waals surface area contributed by atoms with E-state index >= 15 is 0 Å². The Morgan fingerprint density at radius 3 is 2.79 bits per heavy atom. The largest absolute Gasteiger partial charge is 0.385 e. The lowest BCUT2D eigenvalue weighted by Crippen LogP contribution is -2.46. The monoisotopic (exact) mass is 257 g/mol. The minimum absolute atomic E-state index is 0.478. The molecule has 0 saturated carbocycles. The summed E-state index contributed by atoms with van der Waals surface area (Å²) in [6, 6.07) is 7.19. The van der Waals surface area contributed by atoms with Crippen LogP contribution in [0.2, 0.25) is 0 Å². The van der Waals surface area contributed by atoms with Gasteiger partial charge in [0.1, 0.15) is 0 Å². The molecule has 2 aromatic rings. The van der Waals surface area contributed by atoms with Crippen molar-refractivity contribution in [3.63, 3.8) is 0 Å². The smallest absolute Gasteiger partial charge is 0.0927 e. The van der Waals surface area contributed by atoms with E-state index in [4.69, 9.17) is 0 Å². The summed E-state index contributed by atoms with van der Waals surface area (Å²) < 4.78 is 1.87. The third-order valence-electron chi connectivity index (χ3n) is 4.79. The number of aliphatic hydroxyl groups is 1. The first-order valence-corrected chi connectivity index (χ1v) is 7.05. The number of benzene rings is 1. The maximum Gasteiger partial charge on any atom is 0.0927 e. The molecular formula is C15H19N3O. The second kappa shape index (κ2) is 3.81. The van der Waals surface area contributed by atoms with Crippen LogP contribution in [0.5, 0.6) is 0 Å². The summed E-state index contributed by atoms with van der Waals surface area (Å²) >= 11 is 0. The molecule has 1 aromatic heterocycles. The van der Waals surface area contributed by atoms with E-state index in [-0.39, 0.29) is 0 Å². The normalized spacial score (nSPS) is 34.0. The fraction of sp³-hybridized carbons (Fsp3) is 0.533. The summed E-state index contributed by atoms with van der Waals surface area (Å²) in [5.74, 6) is 0. The number of aryl methyl sites for hydroxylation is 1. The maximum absolute atomic E-state index is 11.0. The highest BCUT2D eigenvalue weighted by Gasteiger charge is 2.43. The lowest BCUT2D eigenvalue weighted by atomic mass is 9.81. The van der Waals surface area contributed by atoms with Gasteiger partial charge < -0.3 is 10.4 Å². The van der Waals surface area contributed by atoms with E-state index in [1.54, 1.807) is 0 Å². The van der Waals surface area contributed by atoms with Gasteiger partial charge in [-0.2, -0.15) is 5.10 Å². The lowest BCUT2D eigenvalue weighted by Gasteiger charge is -2.37. The Balaban J connectivity index is 1.78. The zero-order valence-electron chi connectivity index (χ0n) is 11.1. The van der Waals surface area contributed by atoms with E-state index in [9.17, 15) is 5.11 Å². The first-order valence-electron chi connectivity index (χ1n) is 7.05. The van der Waals surface area contributed by atoms with Gasteiger partial charge in [0.05, 0.1) is 17.3 Å². The Kier molecular flexibility index (Phi) is 2.29. The molecule has 19 heavy (non-hydrogen) atoms. The van der Waals surface area contributed by atoms with Crippen LogP contribution in [0, 0.1) is 0 Å². The zero-order chi connectivity index (χ0) is 13.0. The van der Waals surface area contributed by atoms with Crippen LogP contribution < -0.4 is 5.32 Å². The molecule has 2 saturated heterocycles. The van der Waals surface area contributed by atoms with Gasteiger partial charge >= 0.3 is 0 Å². The molecule has 4 nitrogen and oxygen atoms in total. The zero-order valence-corrected chi connectivity index (χ0v) is 11.1. The SMILES string of the molecule is Cn1ncc2ccc(C3(O)CC4CCC(C3)N4)cc21. The molecule has 1 aromatic carbocycles. The summed E-state index contributed by atoms with van der Waals surface area (Å²) in [6.07, 6.45) is 5.91. The van der Waals surface area contributed by atoms with Gasteiger partial charge in [0.2, 0.25) is 0 Å². The van der Waals surface area contributed by atoms with Gasteiger partial charge in [-0.3, -0.25) is 4.68 Å². The van der Waals surface area contributed by atoms with Crippen molar-refractivity contribution < 1.29 is 5.11 Å². The second-order valence-electron chi connectivity index (χ2n) is 6.12. The number of aromatic nitrogens is 2. The Bertz CT molecular complexity index is 621. The second-order valence-corrected chi connectivity index (χ2v) is 6.12. The topological polar surface area (TPSA) is 50.1 Å². The molecule has 2 fully saturated rings. The van der Waals surface area contributed by atoms with Gasteiger partial charge in [-0.05, 0) is 37.3 Å². The van der Waals surface area contributed by atoms with Gasteiger partial charge in [0, 0.05) is 24.5 Å². The summed E-state index contributed by atoms with van der Waals surface area (Å²) in [6.45, 7) is 0. The van der Waals surface area contributed by atoms with Crippen molar-refractivity contribution in [2.45, 2.75) is 43.4 Å². The highest BCUT2D eigenvalue weighted by Crippen LogP contribution is 2.41. The molecule has 4 rings (SSSR count). The number of nitrogens with one attached hydrogen (secondary N) is 1. The van der Waals surface area contributed by atoms with Gasteiger partial charge in [-0.1, -0.05) is 12.1 Å². The van der Waals surface area contributed by atoms with Crippen LogP contribution in [0.3, 0.4) is 0 Å². The molecule has 2 atom stereocenters. The average Bonchev–Trinajstić information content (AvgIpc) is 2.93. The number of nitrogens with zero attached hydrogens (tertiary/aromatic N) is 2. The minimum Gasteiger partial charge on any atom is -0.385 e. The molecule has 0 radical (unpaired) electrons. The molecule has 2 bridgehead atoms. The minimum atomic E-state index is -0.671. The Labute approximate surface area is 112 Å². The van der Waals surface area contributed by atoms with Crippen LogP contribution in [0.1, 0.15) is 31.2 Å². The van der Waals surface area contributed by atoms with Crippen molar-refractivity contribution in [1.82, 2.24) is 15.1 Å². The highest BCUT2D eigenvalue weighted by atomic mass is 16.3. The molecule has 2 aliphatic rings. The van der Waals surface area contributed by atoms with Gasteiger partial charge in [-0.25, -0.2) is 0 Å². The summed E-state index contributed by atoms with van der Waals surface area (Å²) in [4.78, 5) is 0. The van der Waals surface area contributed by atoms with Gasteiger partial charge in [0.25, 0.3) is 0 Å². The standard InChI is InChI=1S/C15H19N3O/c1-18-14-6-11(3-2-10(14)9-16-18)15(19)7-12-4-5-13(8-15)17-12/h2-3,6,9,12-13,17,19H,4-5,7-8H2,1H3. The predicted molar refractivity (Wildman–Crippen MR) is 73.8 cm³/mol. The van der Waals surface area contributed by atoms with Gasteiger partial charge in [-0.15, -0.1) is 0 Å². The number of rotatable bonds is 1. The number of fused-ring (bicyclic) bond motifs is 3. The van der Waals surface area contributed by atoms with E-state index in [1.807, 2.05) is 17.9 Å². The van der Waals surface area contributed by atoms with Gasteiger partial charge in [0.15, 0.2) is 0 Å². The molecule has 0 spiro atoms. The quantitative estimate of drug-likeness (QED) is 0.817. The van der Waals surface area contributed by atoms with E-state index in [2.05, 4.69) is 28.6 Å². The highest BCUT2D eigenvalue weighted by molar-refractivity contribution is 5.79. The Hall–Kier alpha value is -1.39. The third-order valence-corrected chi connectivity index (χ3v) is 4.79. The van der Waals surface area contributed by atoms with Crippen LogP contribution in [-0.4, -0.2) is 27.0 Å². The number of hydrogen-bond acceptors (Lipinski definition) is 3. The van der Waals surface area contributed by atoms with Crippen molar-refractivity contribution >= 4 is 10.9 Å². The maximum atomic E-state index is 11.0. The summed E-state index contributed by atoms with van der Waals surface area (Å²) in [5.41, 5.74) is 1.47. The van der Waals surface area contributed by atoms with Crippen LogP contribution in [0.15, 0.2) is 24.4 Å². The Morgan fingerprint density at radius 2 is 2.05 bits per heavy atom. The van der Waals surface area contributed by atoms with Crippen molar-refractivity contribution in [3.8, 4) is 0 Å². The molecule has 2 aliphatic heterocycles.